The second kappa shape index (κ2) is 2.14. The third-order valence-corrected chi connectivity index (χ3v) is 9.81. The largest absolute Gasteiger partial charge is 0.245 e. The van der Waals surface area contributed by atoms with Crippen LogP contribution in [0, 0.1) is 4.78 Å². The van der Waals surface area contributed by atoms with E-state index in [4.69, 9.17) is 4.78 Å². The minimum Gasteiger partial charge on any atom is -0.245 e. The Morgan fingerprint density at radius 1 is 1.30 bits per heavy atom. The maximum Gasteiger partial charge on any atom is 0.0812 e. The number of hydrogen-bond acceptors (Lipinski definition) is 2. The van der Waals surface area contributed by atoms with Crippen LogP contribution in [0.1, 0.15) is 12.8 Å². The van der Waals surface area contributed by atoms with E-state index < -0.39 is 17.8 Å². The zero-order chi connectivity index (χ0) is 7.99. The predicted molar refractivity (Wildman–Crippen MR) is 49.2 cm³/mol. The molecule has 1 aliphatic rings. The van der Waals surface area contributed by atoms with E-state index in [9.17, 15) is 4.21 Å². The second-order valence-corrected chi connectivity index (χ2v) is 13.2. The lowest BCUT2D eigenvalue weighted by Gasteiger charge is -2.28. The second-order valence-electron chi connectivity index (χ2n) is 3.47. The van der Waals surface area contributed by atoms with E-state index in [1.807, 2.05) is 18.8 Å². The average Bonchev–Trinajstić information content (AvgIpc) is 2.38. The van der Waals surface area contributed by atoms with E-state index in [0.717, 1.165) is 12.8 Å². The van der Waals surface area contributed by atoms with Crippen molar-refractivity contribution in [3.8, 4) is 0 Å². The number of nitrogens with one attached hydrogen (secondary N) is 1. The van der Waals surface area contributed by atoms with Crippen molar-refractivity contribution < 1.29 is 4.21 Å². The highest BCUT2D eigenvalue weighted by molar-refractivity contribution is 8.90. The zero-order valence-corrected chi connectivity index (χ0v) is 8.35. The third-order valence-electron chi connectivity index (χ3n) is 1.71. The summed E-state index contributed by atoms with van der Waals surface area (Å²) < 4.78 is 19.3. The van der Waals surface area contributed by atoms with Gasteiger partial charge in [-0.25, -0.2) is 8.99 Å². The van der Waals surface area contributed by atoms with E-state index in [-0.39, 0.29) is 5.25 Å². The molecule has 2 nitrogen and oxygen atoms in total. The van der Waals surface area contributed by atoms with E-state index in [2.05, 4.69) is 0 Å². The van der Waals surface area contributed by atoms with Crippen molar-refractivity contribution in [2.75, 3.05) is 18.8 Å². The van der Waals surface area contributed by atoms with Gasteiger partial charge < -0.3 is 0 Å². The summed E-state index contributed by atoms with van der Waals surface area (Å²) in [5, 5.41) is 0.238. The molecule has 0 saturated heterocycles. The minimum atomic E-state index is -2.22. The van der Waals surface area contributed by atoms with Gasteiger partial charge in [0, 0.05) is 0 Å². The normalized spacial score (nSPS) is 27.5. The van der Waals surface area contributed by atoms with Gasteiger partial charge in [-0.3, -0.25) is 0 Å². The summed E-state index contributed by atoms with van der Waals surface area (Å²) in [6.07, 6.45) is 7.96. The molecule has 1 aliphatic carbocycles. The molecule has 62 valence electrons. The molecule has 1 rings (SSSR count). The van der Waals surface area contributed by atoms with Gasteiger partial charge in [0.1, 0.15) is 0 Å². The average molecular weight is 181 g/mol. The predicted octanol–water partition coefficient (Wildman–Crippen LogP) is 1.80. The maximum absolute atomic E-state index is 11.7. The fourth-order valence-electron chi connectivity index (χ4n) is 0.787. The van der Waals surface area contributed by atoms with Crippen LogP contribution in [0.15, 0.2) is 0 Å². The highest BCUT2D eigenvalue weighted by Gasteiger charge is 2.37. The van der Waals surface area contributed by atoms with Crippen molar-refractivity contribution in [1.29, 1.82) is 4.78 Å². The van der Waals surface area contributed by atoms with Crippen LogP contribution >= 0.6 is 9.06 Å². The van der Waals surface area contributed by atoms with E-state index in [1.165, 1.54) is 0 Å². The molecular formula is C6H15NOS2. The Labute approximate surface area is 64.1 Å². The summed E-state index contributed by atoms with van der Waals surface area (Å²) in [5.74, 6) is 0. The standard InChI is InChI=1S/C6H15NOS2/c1-9(2,3)10(7,8)6-4-5-6/h6-7H,4-5H2,1-3H3. The molecule has 1 N–H and O–H groups in total. The smallest absolute Gasteiger partial charge is 0.0812 e. The zero-order valence-electron chi connectivity index (χ0n) is 6.72. The molecule has 0 bridgehead atoms. The molecule has 0 aromatic rings. The third kappa shape index (κ3) is 1.32. The lowest BCUT2D eigenvalue weighted by molar-refractivity contribution is 0.683. The van der Waals surface area contributed by atoms with Crippen molar-refractivity contribution in [2.45, 2.75) is 18.1 Å². The van der Waals surface area contributed by atoms with Crippen LogP contribution in [0.25, 0.3) is 0 Å². The highest BCUT2D eigenvalue weighted by atomic mass is 33.2. The van der Waals surface area contributed by atoms with E-state index in [0.29, 0.717) is 0 Å². The van der Waals surface area contributed by atoms with Crippen LogP contribution in [0.4, 0.5) is 0 Å². The Bertz CT molecular complexity index is 221. The summed E-state index contributed by atoms with van der Waals surface area (Å²) in [5.41, 5.74) is 0. The van der Waals surface area contributed by atoms with Gasteiger partial charge in [0.05, 0.1) is 14.0 Å². The molecule has 1 atom stereocenters. The minimum absolute atomic E-state index is 0.238. The highest BCUT2D eigenvalue weighted by Crippen LogP contribution is 2.51. The van der Waals surface area contributed by atoms with Crippen LogP contribution in [-0.2, 0) is 8.76 Å². The van der Waals surface area contributed by atoms with Gasteiger partial charge in [0.15, 0.2) is 0 Å². The van der Waals surface area contributed by atoms with Gasteiger partial charge in [0.25, 0.3) is 0 Å². The molecule has 0 spiro atoms. The van der Waals surface area contributed by atoms with Gasteiger partial charge >= 0.3 is 0 Å². The topological polar surface area (TPSA) is 40.9 Å². The van der Waals surface area contributed by atoms with Crippen molar-refractivity contribution in [1.82, 2.24) is 0 Å². The maximum atomic E-state index is 11.7. The van der Waals surface area contributed by atoms with E-state index >= 15 is 0 Å². The van der Waals surface area contributed by atoms with Crippen LogP contribution in [-0.4, -0.2) is 28.2 Å². The first-order valence-corrected chi connectivity index (χ1v) is 8.31. The van der Waals surface area contributed by atoms with Crippen molar-refractivity contribution in [3.05, 3.63) is 0 Å². The Balaban J connectivity index is 2.88. The van der Waals surface area contributed by atoms with Crippen LogP contribution in [0.2, 0.25) is 0 Å². The molecule has 0 heterocycles. The molecule has 10 heavy (non-hydrogen) atoms. The number of hydrogen-bond donors (Lipinski definition) is 1. The summed E-state index contributed by atoms with van der Waals surface area (Å²) in [6.45, 7) is 0. The quantitative estimate of drug-likeness (QED) is 0.648. The number of rotatable bonds is 2. The van der Waals surface area contributed by atoms with Crippen molar-refractivity contribution >= 4 is 17.8 Å². The fourth-order valence-corrected chi connectivity index (χ4v) is 5.39. The molecule has 0 radical (unpaired) electrons. The first kappa shape index (κ1) is 8.40. The Morgan fingerprint density at radius 3 is 1.80 bits per heavy atom. The summed E-state index contributed by atoms with van der Waals surface area (Å²) >= 11 is 0. The lowest BCUT2D eigenvalue weighted by atomic mass is 11.0. The lowest BCUT2D eigenvalue weighted by Crippen LogP contribution is -2.12. The monoisotopic (exact) mass is 181 g/mol. The molecule has 0 aliphatic heterocycles. The van der Waals surface area contributed by atoms with E-state index in [1.54, 1.807) is 0 Å². The molecule has 0 aromatic heterocycles. The summed E-state index contributed by atoms with van der Waals surface area (Å²) in [6, 6.07) is 0. The van der Waals surface area contributed by atoms with Gasteiger partial charge in [-0.05, 0) is 31.6 Å². The fraction of sp³-hybridized carbons (Fsp3) is 1.00. The van der Waals surface area contributed by atoms with Gasteiger partial charge in [-0.1, -0.05) is 0 Å². The van der Waals surface area contributed by atoms with Gasteiger partial charge in [0.2, 0.25) is 0 Å². The first-order valence-electron chi connectivity index (χ1n) is 3.31. The Morgan fingerprint density at radius 2 is 1.70 bits per heavy atom. The first-order chi connectivity index (χ1) is 4.36. The van der Waals surface area contributed by atoms with Crippen LogP contribution in [0.3, 0.4) is 0 Å². The summed E-state index contributed by atoms with van der Waals surface area (Å²) in [7, 11) is -3.36. The van der Waals surface area contributed by atoms with Crippen LogP contribution in [0.5, 0.6) is 0 Å². The molecule has 1 unspecified atom stereocenters. The summed E-state index contributed by atoms with van der Waals surface area (Å²) in [4.78, 5) is 0. The molecule has 0 amide bonds. The molecule has 4 heteroatoms. The van der Waals surface area contributed by atoms with Crippen molar-refractivity contribution in [3.63, 3.8) is 0 Å². The Hall–Kier alpha value is 0.300. The molecular weight excluding hydrogens is 166 g/mol. The molecule has 1 fully saturated rings. The SMILES string of the molecule is CS(C)(C)S(=N)(=O)C1CC1. The van der Waals surface area contributed by atoms with Crippen LogP contribution < -0.4 is 0 Å². The van der Waals surface area contributed by atoms with Gasteiger partial charge in [-0.2, -0.15) is 9.06 Å². The molecule has 1 saturated carbocycles. The van der Waals surface area contributed by atoms with Crippen molar-refractivity contribution in [2.24, 2.45) is 0 Å². The Kier molecular flexibility index (Phi) is 1.80. The van der Waals surface area contributed by atoms with Gasteiger partial charge in [-0.15, -0.1) is 0 Å². The molecule has 0 aromatic carbocycles.